The van der Waals surface area contributed by atoms with Crippen molar-refractivity contribution < 1.29 is 4.42 Å². The van der Waals surface area contributed by atoms with Crippen molar-refractivity contribution in [3.8, 4) is 0 Å². The van der Waals surface area contributed by atoms with E-state index < -0.39 is 0 Å². The van der Waals surface area contributed by atoms with Gasteiger partial charge >= 0.3 is 0 Å². The number of hydrogen-bond donors (Lipinski definition) is 0. The van der Waals surface area contributed by atoms with Gasteiger partial charge in [-0.25, -0.2) is 4.98 Å². The van der Waals surface area contributed by atoms with E-state index in [2.05, 4.69) is 9.88 Å². The second kappa shape index (κ2) is 6.24. The lowest BCUT2D eigenvalue weighted by atomic mass is 9.97. The lowest BCUT2D eigenvalue weighted by Crippen LogP contribution is -2.34. The van der Waals surface area contributed by atoms with E-state index in [4.69, 9.17) is 4.42 Å². The summed E-state index contributed by atoms with van der Waals surface area (Å²) in [5, 5.41) is 0. The topological polar surface area (TPSA) is 51.3 Å². The molecule has 5 nitrogen and oxygen atoms in total. The number of aryl methyl sites for hydroxylation is 1. The molecule has 4 rings (SSSR count). The molecule has 5 heteroatoms. The Morgan fingerprint density at radius 2 is 2.17 bits per heavy atom. The van der Waals surface area contributed by atoms with Crippen LogP contribution in [-0.4, -0.2) is 27.5 Å². The highest BCUT2D eigenvalue weighted by Gasteiger charge is 2.25. The van der Waals surface area contributed by atoms with Crippen LogP contribution in [0.5, 0.6) is 0 Å². The molecule has 1 atom stereocenters. The number of likely N-dealkylation sites (tertiary alicyclic amines) is 1. The molecule has 1 aromatic carbocycles. The number of pyridine rings is 1. The van der Waals surface area contributed by atoms with Crippen LogP contribution < -0.4 is 5.56 Å². The maximum absolute atomic E-state index is 11.8. The van der Waals surface area contributed by atoms with Crippen molar-refractivity contribution >= 4 is 11.1 Å². The van der Waals surface area contributed by atoms with E-state index in [1.807, 2.05) is 36.5 Å². The minimum atomic E-state index is 0.0417. The fraction of sp³-hybridized carbons (Fsp3) is 0.368. The van der Waals surface area contributed by atoms with E-state index in [0.717, 1.165) is 55.0 Å². The molecule has 3 heterocycles. The number of aromatic nitrogens is 2. The van der Waals surface area contributed by atoms with Crippen LogP contribution in [0.15, 0.2) is 51.8 Å². The minimum absolute atomic E-state index is 0.0417. The van der Waals surface area contributed by atoms with Crippen LogP contribution in [0.25, 0.3) is 11.1 Å². The second-order valence-electron chi connectivity index (χ2n) is 6.58. The molecular weight excluding hydrogens is 302 g/mol. The molecular formula is C19H21N3O2. The van der Waals surface area contributed by atoms with E-state index in [1.54, 1.807) is 17.7 Å². The van der Waals surface area contributed by atoms with E-state index >= 15 is 0 Å². The van der Waals surface area contributed by atoms with Gasteiger partial charge in [-0.05, 0) is 43.1 Å². The zero-order valence-corrected chi connectivity index (χ0v) is 13.8. The van der Waals surface area contributed by atoms with Gasteiger partial charge in [-0.2, -0.15) is 0 Å². The number of fused-ring (bicyclic) bond motifs is 1. The first-order valence-corrected chi connectivity index (χ1v) is 8.42. The molecule has 0 saturated carbocycles. The van der Waals surface area contributed by atoms with Crippen LogP contribution in [0.4, 0.5) is 0 Å². The predicted octanol–water partition coefficient (Wildman–Crippen LogP) is 2.91. The molecule has 1 fully saturated rings. The summed E-state index contributed by atoms with van der Waals surface area (Å²) in [6.45, 7) is 2.76. The number of oxazole rings is 1. The first-order chi connectivity index (χ1) is 11.7. The van der Waals surface area contributed by atoms with Gasteiger partial charge in [0.15, 0.2) is 11.5 Å². The number of piperidine rings is 1. The van der Waals surface area contributed by atoms with E-state index in [0.29, 0.717) is 5.92 Å². The van der Waals surface area contributed by atoms with E-state index in [9.17, 15) is 4.79 Å². The summed E-state index contributed by atoms with van der Waals surface area (Å²) in [6, 6.07) is 11.7. The Morgan fingerprint density at radius 1 is 1.29 bits per heavy atom. The smallest absolute Gasteiger partial charge is 0.250 e. The Hall–Kier alpha value is -2.40. The molecule has 3 aromatic rings. The number of hydrogen-bond acceptors (Lipinski definition) is 4. The quantitative estimate of drug-likeness (QED) is 0.744. The lowest BCUT2D eigenvalue weighted by molar-refractivity contribution is 0.187. The van der Waals surface area contributed by atoms with Crippen molar-refractivity contribution in [3.05, 3.63) is 64.4 Å². The second-order valence-corrected chi connectivity index (χ2v) is 6.58. The fourth-order valence-corrected chi connectivity index (χ4v) is 3.41. The molecule has 0 bridgehead atoms. The summed E-state index contributed by atoms with van der Waals surface area (Å²) in [7, 11) is 1.77. The van der Waals surface area contributed by atoms with Crippen LogP contribution in [0, 0.1) is 0 Å². The highest BCUT2D eigenvalue weighted by Crippen LogP contribution is 2.29. The molecule has 1 aliphatic rings. The van der Waals surface area contributed by atoms with Crippen LogP contribution in [-0.2, 0) is 13.6 Å². The lowest BCUT2D eigenvalue weighted by Gasteiger charge is -2.31. The number of nitrogens with zero attached hydrogens (tertiary/aromatic N) is 3. The van der Waals surface area contributed by atoms with E-state index in [-0.39, 0.29) is 5.56 Å². The Labute approximate surface area is 140 Å². The number of rotatable bonds is 3. The first-order valence-electron chi connectivity index (χ1n) is 8.42. The van der Waals surface area contributed by atoms with Gasteiger partial charge in [-0.15, -0.1) is 0 Å². The van der Waals surface area contributed by atoms with Gasteiger partial charge in [-0.3, -0.25) is 9.69 Å². The van der Waals surface area contributed by atoms with Crippen LogP contribution in [0.3, 0.4) is 0 Å². The molecule has 0 spiro atoms. The van der Waals surface area contributed by atoms with E-state index in [1.165, 1.54) is 0 Å². The van der Waals surface area contributed by atoms with Crippen molar-refractivity contribution in [1.82, 2.24) is 14.5 Å². The maximum Gasteiger partial charge on any atom is 0.250 e. The third kappa shape index (κ3) is 2.99. The normalized spacial score (nSPS) is 19.0. The molecule has 0 unspecified atom stereocenters. The molecule has 2 aromatic heterocycles. The van der Waals surface area contributed by atoms with Crippen molar-refractivity contribution in [2.75, 3.05) is 13.1 Å². The van der Waals surface area contributed by atoms with Gasteiger partial charge in [0, 0.05) is 38.3 Å². The Morgan fingerprint density at radius 3 is 3.00 bits per heavy atom. The summed E-state index contributed by atoms with van der Waals surface area (Å²) in [5.74, 6) is 1.16. The van der Waals surface area contributed by atoms with Crippen LogP contribution in [0.1, 0.15) is 30.2 Å². The van der Waals surface area contributed by atoms with Crippen molar-refractivity contribution in [3.63, 3.8) is 0 Å². The summed E-state index contributed by atoms with van der Waals surface area (Å²) in [6.07, 6.45) is 4.05. The molecule has 0 N–H and O–H groups in total. The fourth-order valence-electron chi connectivity index (χ4n) is 3.41. The summed E-state index contributed by atoms with van der Waals surface area (Å²) < 4.78 is 7.55. The van der Waals surface area contributed by atoms with Crippen molar-refractivity contribution in [2.24, 2.45) is 7.05 Å². The summed E-state index contributed by atoms with van der Waals surface area (Å²) in [4.78, 5) is 18.8. The van der Waals surface area contributed by atoms with Crippen molar-refractivity contribution in [1.29, 1.82) is 0 Å². The van der Waals surface area contributed by atoms with Gasteiger partial charge in [0.2, 0.25) is 0 Å². The van der Waals surface area contributed by atoms with Gasteiger partial charge in [0.1, 0.15) is 5.52 Å². The molecule has 0 aliphatic carbocycles. The maximum atomic E-state index is 11.8. The highest BCUT2D eigenvalue weighted by molar-refractivity contribution is 5.72. The molecule has 0 radical (unpaired) electrons. The molecule has 1 saturated heterocycles. The highest BCUT2D eigenvalue weighted by atomic mass is 16.3. The van der Waals surface area contributed by atoms with Crippen LogP contribution in [0.2, 0.25) is 0 Å². The average Bonchev–Trinajstić information content (AvgIpc) is 3.03. The number of para-hydroxylation sites is 2. The third-order valence-corrected chi connectivity index (χ3v) is 4.74. The summed E-state index contributed by atoms with van der Waals surface area (Å²) in [5.41, 5.74) is 2.89. The molecule has 124 valence electrons. The van der Waals surface area contributed by atoms with Gasteiger partial charge in [-0.1, -0.05) is 12.1 Å². The van der Waals surface area contributed by atoms with Crippen molar-refractivity contribution in [2.45, 2.75) is 25.3 Å². The Bertz CT molecular complexity index is 879. The minimum Gasteiger partial charge on any atom is -0.440 e. The largest absolute Gasteiger partial charge is 0.440 e. The average molecular weight is 323 g/mol. The standard InChI is InChI=1S/C19H21N3O2/c1-21-10-8-14(11-18(21)23)12-22-9-4-5-15(13-22)19-20-16-6-2-3-7-17(16)24-19/h2-3,6-8,10-11,15H,4-5,9,12-13H2,1H3/t15-/m1/s1. The molecule has 0 amide bonds. The first kappa shape index (κ1) is 15.1. The monoisotopic (exact) mass is 323 g/mol. The Kier molecular flexibility index (Phi) is 3.94. The van der Waals surface area contributed by atoms with Crippen LogP contribution >= 0.6 is 0 Å². The zero-order chi connectivity index (χ0) is 16.5. The van der Waals surface area contributed by atoms with Gasteiger partial charge in [0.05, 0.1) is 0 Å². The van der Waals surface area contributed by atoms with Gasteiger partial charge < -0.3 is 8.98 Å². The molecule has 1 aliphatic heterocycles. The Balaban J connectivity index is 1.50. The SMILES string of the molecule is Cn1ccc(CN2CCC[C@@H](c3nc4ccccc4o3)C2)cc1=O. The predicted molar refractivity (Wildman–Crippen MR) is 92.9 cm³/mol. The number of benzene rings is 1. The zero-order valence-electron chi connectivity index (χ0n) is 13.8. The molecule has 24 heavy (non-hydrogen) atoms. The third-order valence-electron chi connectivity index (χ3n) is 4.74. The van der Waals surface area contributed by atoms with Gasteiger partial charge in [0.25, 0.3) is 5.56 Å². The summed E-state index contributed by atoms with van der Waals surface area (Å²) >= 11 is 0.